The van der Waals surface area contributed by atoms with E-state index in [4.69, 9.17) is 14.5 Å². The molecule has 8 heteroatoms. The molecule has 0 unspecified atom stereocenters. The van der Waals surface area contributed by atoms with Gasteiger partial charge in [0.15, 0.2) is 0 Å². The van der Waals surface area contributed by atoms with Crippen molar-refractivity contribution in [2.45, 2.75) is 45.4 Å². The van der Waals surface area contributed by atoms with Gasteiger partial charge >= 0.3 is 0 Å². The Kier molecular flexibility index (Phi) is 5.76. The molecule has 1 fully saturated rings. The average Bonchev–Trinajstić information content (AvgIpc) is 2.73. The molecule has 0 spiro atoms. The Balaban J connectivity index is 1.50. The van der Waals surface area contributed by atoms with Crippen LogP contribution in [0.4, 0.5) is 5.95 Å². The summed E-state index contributed by atoms with van der Waals surface area (Å²) in [4.78, 5) is 37.0. The molecule has 1 aromatic carbocycles. The Bertz CT molecular complexity index is 962. The molecular weight excluding hydrogens is 384 g/mol. The Morgan fingerprint density at radius 2 is 1.93 bits per heavy atom. The molecule has 0 radical (unpaired) electrons. The maximum atomic E-state index is 12.8. The zero-order valence-corrected chi connectivity index (χ0v) is 17.7. The van der Waals surface area contributed by atoms with Crippen molar-refractivity contribution in [3.8, 4) is 5.75 Å². The van der Waals surface area contributed by atoms with Crippen molar-refractivity contribution in [1.82, 2.24) is 14.9 Å². The molecule has 2 aromatic rings. The SMILES string of the molecule is COc1ccc(CC(=O)N2CCc3c(nc(N4C[C@H](C)O[C@@H](C)C4)[nH]c3=O)C2)cc1. The molecule has 0 bridgehead atoms. The number of H-pyrrole nitrogens is 1. The number of hydrogen-bond donors (Lipinski definition) is 1. The zero-order valence-electron chi connectivity index (χ0n) is 17.7. The van der Waals surface area contributed by atoms with Crippen molar-refractivity contribution in [3.05, 3.63) is 51.4 Å². The van der Waals surface area contributed by atoms with E-state index in [0.717, 1.165) is 11.3 Å². The van der Waals surface area contributed by atoms with Crippen molar-refractivity contribution in [3.63, 3.8) is 0 Å². The van der Waals surface area contributed by atoms with E-state index in [1.165, 1.54) is 0 Å². The molecule has 2 aliphatic heterocycles. The van der Waals surface area contributed by atoms with Gasteiger partial charge in [0.05, 0.1) is 38.0 Å². The van der Waals surface area contributed by atoms with Crippen molar-refractivity contribution in [2.24, 2.45) is 0 Å². The zero-order chi connectivity index (χ0) is 21.3. The number of aromatic nitrogens is 2. The molecule has 1 amide bonds. The molecule has 30 heavy (non-hydrogen) atoms. The standard InChI is InChI=1S/C22H28N4O4/c1-14-11-26(12-15(2)30-14)22-23-19-13-25(9-8-18(19)21(28)24-22)20(27)10-16-4-6-17(29-3)7-5-16/h4-7,14-15H,8-13H2,1-3H3,(H,23,24,28)/t14-,15-/m0/s1. The first-order valence-corrected chi connectivity index (χ1v) is 10.4. The second-order valence-electron chi connectivity index (χ2n) is 8.07. The summed E-state index contributed by atoms with van der Waals surface area (Å²) in [6, 6.07) is 7.50. The van der Waals surface area contributed by atoms with Crippen LogP contribution in [0, 0.1) is 0 Å². The predicted molar refractivity (Wildman–Crippen MR) is 113 cm³/mol. The van der Waals surface area contributed by atoms with Crippen molar-refractivity contribution < 1.29 is 14.3 Å². The largest absolute Gasteiger partial charge is 0.497 e. The van der Waals surface area contributed by atoms with E-state index in [-0.39, 0.29) is 23.7 Å². The average molecular weight is 412 g/mol. The summed E-state index contributed by atoms with van der Waals surface area (Å²) < 4.78 is 10.9. The van der Waals surface area contributed by atoms with Gasteiger partial charge in [0, 0.05) is 25.2 Å². The minimum Gasteiger partial charge on any atom is -0.497 e. The fourth-order valence-electron chi connectivity index (χ4n) is 4.17. The van der Waals surface area contributed by atoms with Crippen molar-refractivity contribution in [2.75, 3.05) is 31.6 Å². The van der Waals surface area contributed by atoms with Crippen LogP contribution in [0.15, 0.2) is 29.1 Å². The van der Waals surface area contributed by atoms with Crippen LogP contribution in [0.5, 0.6) is 5.75 Å². The lowest BCUT2D eigenvalue weighted by Crippen LogP contribution is -2.47. The number of carbonyl (C=O) groups is 1. The molecule has 1 saturated heterocycles. The molecule has 0 saturated carbocycles. The summed E-state index contributed by atoms with van der Waals surface area (Å²) in [7, 11) is 1.62. The number of nitrogens with one attached hydrogen (secondary N) is 1. The molecule has 1 aromatic heterocycles. The first kappa shape index (κ1) is 20.4. The minimum absolute atomic E-state index is 0.0306. The highest BCUT2D eigenvalue weighted by atomic mass is 16.5. The number of fused-ring (bicyclic) bond motifs is 1. The second-order valence-corrected chi connectivity index (χ2v) is 8.07. The van der Waals surface area contributed by atoms with E-state index < -0.39 is 0 Å². The van der Waals surface area contributed by atoms with E-state index in [2.05, 4.69) is 9.88 Å². The number of methoxy groups -OCH3 is 1. The Hall–Kier alpha value is -2.87. The molecule has 0 aliphatic carbocycles. The molecule has 2 aliphatic rings. The van der Waals surface area contributed by atoms with Crippen molar-refractivity contribution >= 4 is 11.9 Å². The number of benzene rings is 1. The fraction of sp³-hybridized carbons (Fsp3) is 0.500. The number of anilines is 1. The van der Waals surface area contributed by atoms with Gasteiger partial charge in [-0.3, -0.25) is 14.6 Å². The van der Waals surface area contributed by atoms with Crippen LogP contribution < -0.4 is 15.2 Å². The normalized spacial score (nSPS) is 21.3. The summed E-state index contributed by atoms with van der Waals surface area (Å²) in [5.74, 6) is 1.36. The number of aromatic amines is 1. The second kappa shape index (κ2) is 8.47. The molecule has 8 nitrogen and oxygen atoms in total. The highest BCUT2D eigenvalue weighted by Gasteiger charge is 2.28. The van der Waals surface area contributed by atoms with Gasteiger partial charge in [-0.05, 0) is 38.0 Å². The predicted octanol–water partition coefficient (Wildman–Crippen LogP) is 1.52. The number of nitrogens with zero attached hydrogens (tertiary/aromatic N) is 3. The van der Waals surface area contributed by atoms with Gasteiger partial charge in [0.1, 0.15) is 5.75 Å². The fourth-order valence-corrected chi connectivity index (χ4v) is 4.17. The third-order valence-corrected chi connectivity index (χ3v) is 5.65. The van der Waals surface area contributed by atoms with Gasteiger partial charge < -0.3 is 19.3 Å². The van der Waals surface area contributed by atoms with E-state index >= 15 is 0 Å². The number of carbonyl (C=O) groups excluding carboxylic acids is 1. The number of amides is 1. The van der Waals surface area contributed by atoms with Crippen LogP contribution in [0.25, 0.3) is 0 Å². The Morgan fingerprint density at radius 1 is 1.23 bits per heavy atom. The number of ether oxygens (including phenoxy) is 2. The summed E-state index contributed by atoms with van der Waals surface area (Å²) in [6.45, 7) is 6.25. The maximum absolute atomic E-state index is 12.8. The first-order valence-electron chi connectivity index (χ1n) is 10.4. The number of rotatable bonds is 4. The van der Waals surface area contributed by atoms with Crippen LogP contribution in [0.3, 0.4) is 0 Å². The lowest BCUT2D eigenvalue weighted by atomic mass is 10.0. The van der Waals surface area contributed by atoms with Gasteiger partial charge in [-0.1, -0.05) is 12.1 Å². The van der Waals surface area contributed by atoms with Crippen LogP contribution in [-0.4, -0.2) is 59.7 Å². The topological polar surface area (TPSA) is 87.8 Å². The summed E-state index contributed by atoms with van der Waals surface area (Å²) in [6.07, 6.45) is 0.964. The summed E-state index contributed by atoms with van der Waals surface area (Å²) in [5, 5.41) is 0. The quantitative estimate of drug-likeness (QED) is 0.819. The molecular formula is C22H28N4O4. The van der Waals surface area contributed by atoms with E-state index in [1.54, 1.807) is 12.0 Å². The molecule has 2 atom stereocenters. The summed E-state index contributed by atoms with van der Waals surface area (Å²) >= 11 is 0. The van der Waals surface area contributed by atoms with Crippen LogP contribution in [-0.2, 0) is 28.9 Å². The van der Waals surface area contributed by atoms with Gasteiger partial charge in [-0.25, -0.2) is 4.98 Å². The van der Waals surface area contributed by atoms with Crippen LogP contribution in [0.2, 0.25) is 0 Å². The van der Waals surface area contributed by atoms with Gasteiger partial charge in [0.25, 0.3) is 5.56 Å². The molecule has 3 heterocycles. The highest BCUT2D eigenvalue weighted by Crippen LogP contribution is 2.21. The number of hydrogen-bond acceptors (Lipinski definition) is 6. The maximum Gasteiger partial charge on any atom is 0.255 e. The van der Waals surface area contributed by atoms with Gasteiger partial charge in [-0.15, -0.1) is 0 Å². The van der Waals surface area contributed by atoms with E-state index in [9.17, 15) is 9.59 Å². The van der Waals surface area contributed by atoms with E-state index in [0.29, 0.717) is 56.2 Å². The van der Waals surface area contributed by atoms with E-state index in [1.807, 2.05) is 38.1 Å². The first-order chi connectivity index (χ1) is 14.4. The smallest absolute Gasteiger partial charge is 0.255 e. The van der Waals surface area contributed by atoms with Gasteiger partial charge in [-0.2, -0.15) is 0 Å². The van der Waals surface area contributed by atoms with Crippen molar-refractivity contribution in [1.29, 1.82) is 0 Å². The molecule has 4 rings (SSSR count). The summed E-state index contributed by atoms with van der Waals surface area (Å²) in [5.41, 5.74) is 2.20. The highest BCUT2D eigenvalue weighted by molar-refractivity contribution is 5.79. The van der Waals surface area contributed by atoms with Crippen LogP contribution in [0.1, 0.15) is 30.7 Å². The van der Waals surface area contributed by atoms with Gasteiger partial charge in [0.2, 0.25) is 11.9 Å². The Morgan fingerprint density at radius 3 is 2.60 bits per heavy atom. The minimum atomic E-state index is -0.107. The Labute approximate surface area is 175 Å². The molecule has 1 N–H and O–H groups in total. The third kappa shape index (κ3) is 4.33. The lowest BCUT2D eigenvalue weighted by Gasteiger charge is -2.36. The lowest BCUT2D eigenvalue weighted by molar-refractivity contribution is -0.131. The number of morpholine rings is 1. The monoisotopic (exact) mass is 412 g/mol. The van der Waals surface area contributed by atoms with Crippen LogP contribution >= 0.6 is 0 Å². The third-order valence-electron chi connectivity index (χ3n) is 5.65. The molecule has 160 valence electrons.